The third-order valence-electron chi connectivity index (χ3n) is 2.30. The quantitative estimate of drug-likeness (QED) is 0.859. The molecule has 86 valence electrons. The number of carboxylic acids is 1. The van der Waals surface area contributed by atoms with Crippen LogP contribution in [0.3, 0.4) is 0 Å². The molecule has 2 aromatic rings. The molecule has 0 aliphatic heterocycles. The molecule has 0 bridgehead atoms. The van der Waals surface area contributed by atoms with E-state index in [9.17, 15) is 9.59 Å². The minimum Gasteiger partial charge on any atom is -0.477 e. The molecule has 17 heavy (non-hydrogen) atoms. The smallest absolute Gasteiger partial charge is 0.341 e. The van der Waals surface area contributed by atoms with Crippen molar-refractivity contribution in [1.82, 2.24) is 4.98 Å². The summed E-state index contributed by atoms with van der Waals surface area (Å²) < 4.78 is 0. The topological polar surface area (TPSA) is 70.2 Å². The molecule has 2 N–H and O–H groups in total. The van der Waals surface area contributed by atoms with Gasteiger partial charge < -0.3 is 10.1 Å². The van der Waals surface area contributed by atoms with E-state index in [0.29, 0.717) is 10.7 Å². The first-order valence-corrected chi connectivity index (χ1v) is 5.18. The number of carboxylic acid groups (broad SMARTS) is 1. The lowest BCUT2D eigenvalue weighted by Crippen LogP contribution is -2.17. The van der Waals surface area contributed by atoms with Crippen LogP contribution in [-0.4, -0.2) is 16.1 Å². The molecule has 1 aromatic carbocycles. The van der Waals surface area contributed by atoms with Gasteiger partial charge in [0.1, 0.15) is 5.56 Å². The van der Waals surface area contributed by atoms with E-state index in [-0.39, 0.29) is 5.56 Å². The summed E-state index contributed by atoms with van der Waals surface area (Å²) in [5.41, 5.74) is 0.424. The van der Waals surface area contributed by atoms with E-state index in [1.54, 1.807) is 30.3 Å². The average molecular weight is 250 g/mol. The first kappa shape index (κ1) is 11.4. The Morgan fingerprint density at radius 1 is 1.12 bits per heavy atom. The number of nitrogens with one attached hydrogen (secondary N) is 1. The van der Waals surface area contributed by atoms with Gasteiger partial charge in [-0.1, -0.05) is 23.7 Å². The molecule has 0 spiro atoms. The van der Waals surface area contributed by atoms with E-state index in [1.807, 2.05) is 0 Å². The molecule has 5 heteroatoms. The zero-order chi connectivity index (χ0) is 12.4. The van der Waals surface area contributed by atoms with Gasteiger partial charge in [0.25, 0.3) is 5.56 Å². The zero-order valence-electron chi connectivity index (χ0n) is 8.61. The second-order valence-corrected chi connectivity index (χ2v) is 3.86. The molecule has 0 radical (unpaired) electrons. The van der Waals surface area contributed by atoms with Crippen LogP contribution in [0.15, 0.2) is 41.2 Å². The third kappa shape index (κ3) is 2.37. The second-order valence-electron chi connectivity index (χ2n) is 3.43. The summed E-state index contributed by atoms with van der Waals surface area (Å²) in [7, 11) is 0. The molecular formula is C12H8ClNO3. The van der Waals surface area contributed by atoms with Crippen molar-refractivity contribution >= 4 is 17.6 Å². The number of hydrogen-bond acceptors (Lipinski definition) is 2. The van der Waals surface area contributed by atoms with Crippen LogP contribution in [0.2, 0.25) is 5.02 Å². The van der Waals surface area contributed by atoms with E-state index >= 15 is 0 Å². The van der Waals surface area contributed by atoms with Gasteiger partial charge in [-0.3, -0.25) is 4.79 Å². The Labute approximate surface area is 101 Å². The van der Waals surface area contributed by atoms with Crippen LogP contribution in [0.5, 0.6) is 0 Å². The van der Waals surface area contributed by atoms with Gasteiger partial charge in [0.15, 0.2) is 0 Å². The van der Waals surface area contributed by atoms with Crippen LogP contribution in [0.25, 0.3) is 11.3 Å². The molecule has 0 atom stereocenters. The van der Waals surface area contributed by atoms with Crippen LogP contribution in [-0.2, 0) is 0 Å². The largest absolute Gasteiger partial charge is 0.477 e. The predicted octanol–water partition coefficient (Wildman–Crippen LogP) is 2.39. The zero-order valence-corrected chi connectivity index (χ0v) is 9.36. The van der Waals surface area contributed by atoms with Crippen molar-refractivity contribution < 1.29 is 9.90 Å². The molecule has 0 fully saturated rings. The Hall–Kier alpha value is -2.07. The number of carbonyl (C=O) groups is 1. The lowest BCUT2D eigenvalue weighted by atomic mass is 10.1. The van der Waals surface area contributed by atoms with Crippen molar-refractivity contribution in [3.63, 3.8) is 0 Å². The van der Waals surface area contributed by atoms with Crippen molar-refractivity contribution in [3.8, 4) is 11.3 Å². The number of aromatic nitrogens is 1. The number of benzene rings is 1. The summed E-state index contributed by atoms with van der Waals surface area (Å²) in [6.07, 6.45) is 0. The molecule has 2 rings (SSSR count). The Balaban J connectivity index is 2.48. The number of H-pyrrole nitrogens is 1. The van der Waals surface area contributed by atoms with Gasteiger partial charge in [0.2, 0.25) is 0 Å². The lowest BCUT2D eigenvalue weighted by molar-refractivity contribution is 0.0695. The van der Waals surface area contributed by atoms with Gasteiger partial charge in [-0.2, -0.15) is 0 Å². The molecule has 0 aliphatic carbocycles. The maximum atomic E-state index is 11.5. The van der Waals surface area contributed by atoms with Gasteiger partial charge in [-0.25, -0.2) is 4.79 Å². The van der Waals surface area contributed by atoms with Gasteiger partial charge in [-0.15, -0.1) is 0 Å². The fraction of sp³-hybridized carbons (Fsp3) is 0. The van der Waals surface area contributed by atoms with Crippen LogP contribution in [0, 0.1) is 0 Å². The fourth-order valence-electron chi connectivity index (χ4n) is 1.44. The fourth-order valence-corrected chi connectivity index (χ4v) is 1.57. The molecule has 4 nitrogen and oxygen atoms in total. The Morgan fingerprint density at radius 3 is 2.29 bits per heavy atom. The highest BCUT2D eigenvalue weighted by molar-refractivity contribution is 6.30. The van der Waals surface area contributed by atoms with Crippen molar-refractivity contribution in [3.05, 3.63) is 57.3 Å². The third-order valence-corrected chi connectivity index (χ3v) is 2.55. The van der Waals surface area contributed by atoms with Crippen LogP contribution >= 0.6 is 11.6 Å². The normalized spacial score (nSPS) is 10.2. The highest BCUT2D eigenvalue weighted by atomic mass is 35.5. The predicted molar refractivity (Wildman–Crippen MR) is 64.5 cm³/mol. The van der Waals surface area contributed by atoms with Gasteiger partial charge >= 0.3 is 5.97 Å². The van der Waals surface area contributed by atoms with Crippen molar-refractivity contribution in [2.45, 2.75) is 0 Å². The maximum absolute atomic E-state index is 11.5. The minimum absolute atomic E-state index is 0.275. The number of aromatic amines is 1. The summed E-state index contributed by atoms with van der Waals surface area (Å²) in [6, 6.07) is 9.71. The first-order chi connectivity index (χ1) is 8.08. The number of rotatable bonds is 2. The average Bonchev–Trinajstić information content (AvgIpc) is 2.29. The molecule has 0 unspecified atom stereocenters. The van der Waals surface area contributed by atoms with Crippen molar-refractivity contribution in [2.24, 2.45) is 0 Å². The summed E-state index contributed by atoms with van der Waals surface area (Å²) >= 11 is 5.75. The molecule has 0 saturated heterocycles. The number of hydrogen-bond donors (Lipinski definition) is 2. The Kier molecular flexibility index (Phi) is 2.97. The van der Waals surface area contributed by atoms with Crippen molar-refractivity contribution in [2.75, 3.05) is 0 Å². The molecule has 0 amide bonds. The lowest BCUT2D eigenvalue weighted by Gasteiger charge is -2.02. The summed E-state index contributed by atoms with van der Waals surface area (Å²) in [5, 5.41) is 9.32. The van der Waals surface area contributed by atoms with Crippen LogP contribution in [0.4, 0.5) is 0 Å². The van der Waals surface area contributed by atoms with Gasteiger partial charge in [-0.05, 0) is 29.8 Å². The molecule has 0 aliphatic rings. The van der Waals surface area contributed by atoms with Crippen LogP contribution < -0.4 is 5.56 Å². The van der Waals surface area contributed by atoms with E-state index in [1.165, 1.54) is 6.07 Å². The summed E-state index contributed by atoms with van der Waals surface area (Å²) in [4.78, 5) is 24.6. The molecule has 1 aromatic heterocycles. The molecule has 1 heterocycles. The summed E-state index contributed by atoms with van der Waals surface area (Å²) in [6.45, 7) is 0. The van der Waals surface area contributed by atoms with E-state index in [4.69, 9.17) is 16.7 Å². The van der Waals surface area contributed by atoms with Gasteiger partial charge in [0.05, 0.1) is 0 Å². The highest BCUT2D eigenvalue weighted by Crippen LogP contribution is 2.18. The van der Waals surface area contributed by atoms with E-state index in [0.717, 1.165) is 5.56 Å². The molecule has 0 saturated carbocycles. The second kappa shape index (κ2) is 4.43. The number of pyridine rings is 1. The monoisotopic (exact) mass is 249 g/mol. The van der Waals surface area contributed by atoms with Crippen LogP contribution in [0.1, 0.15) is 10.4 Å². The minimum atomic E-state index is -1.24. The Bertz CT molecular complexity index is 616. The van der Waals surface area contributed by atoms with E-state index < -0.39 is 11.5 Å². The number of halogens is 1. The standard InChI is InChI=1S/C12H8ClNO3/c13-8-3-1-7(2-4-8)10-6-5-9(12(16)17)11(15)14-10/h1-6H,(H,14,15)(H,16,17). The molecular weight excluding hydrogens is 242 g/mol. The highest BCUT2D eigenvalue weighted by Gasteiger charge is 2.09. The van der Waals surface area contributed by atoms with Gasteiger partial charge in [0, 0.05) is 10.7 Å². The SMILES string of the molecule is O=C(O)c1ccc(-c2ccc(Cl)cc2)[nH]c1=O. The van der Waals surface area contributed by atoms with E-state index in [2.05, 4.69) is 4.98 Å². The maximum Gasteiger partial charge on any atom is 0.341 e. The van der Waals surface area contributed by atoms with Crippen molar-refractivity contribution in [1.29, 1.82) is 0 Å². The Morgan fingerprint density at radius 2 is 1.76 bits per heavy atom. The summed E-state index contributed by atoms with van der Waals surface area (Å²) in [5.74, 6) is -1.24. The number of aromatic carboxylic acids is 1. The first-order valence-electron chi connectivity index (χ1n) is 4.80.